The van der Waals surface area contributed by atoms with Crippen LogP contribution in [0.25, 0.3) is 22.2 Å². The molecule has 0 atom stereocenters. The molecule has 0 spiro atoms. The lowest BCUT2D eigenvalue weighted by molar-refractivity contribution is 0.751. The molecule has 2 N–H and O–H groups in total. The molecule has 2 aromatic heterocycles. The number of aromatic nitrogens is 3. The number of aryl methyl sites for hydroxylation is 1. The lowest BCUT2D eigenvalue weighted by Crippen LogP contribution is -2.23. The third-order valence-electron chi connectivity index (χ3n) is 4.77. The quantitative estimate of drug-likeness (QED) is 0.557. The van der Waals surface area contributed by atoms with Crippen molar-refractivity contribution in [2.75, 3.05) is 12.4 Å². The summed E-state index contributed by atoms with van der Waals surface area (Å²) in [5, 5.41) is 7.06. The molecule has 0 saturated carbocycles. The van der Waals surface area contributed by atoms with Crippen LogP contribution in [0.5, 0.6) is 0 Å². The Balaban J connectivity index is 2.03. The first-order valence-electron chi connectivity index (χ1n) is 8.83. The minimum absolute atomic E-state index is 0.192. The van der Waals surface area contributed by atoms with Gasteiger partial charge in [-0.15, -0.1) is 0 Å². The summed E-state index contributed by atoms with van der Waals surface area (Å²) in [7, 11) is 3.48. The number of halogens is 1. The number of nitrogens with zero attached hydrogens (tertiary/aromatic N) is 2. The molecular formula is C21H19ClN4O2. The van der Waals surface area contributed by atoms with Crippen molar-refractivity contribution in [3.63, 3.8) is 0 Å². The summed E-state index contributed by atoms with van der Waals surface area (Å²) in [4.78, 5) is 25.8. The van der Waals surface area contributed by atoms with E-state index >= 15 is 0 Å². The van der Waals surface area contributed by atoms with Crippen molar-refractivity contribution in [1.29, 1.82) is 0 Å². The van der Waals surface area contributed by atoms with Gasteiger partial charge in [-0.2, -0.15) is 0 Å². The summed E-state index contributed by atoms with van der Waals surface area (Å²) in [6.45, 7) is 0.334. The van der Waals surface area contributed by atoms with Crippen LogP contribution < -0.4 is 16.4 Å². The van der Waals surface area contributed by atoms with Gasteiger partial charge >= 0.3 is 0 Å². The Labute approximate surface area is 166 Å². The van der Waals surface area contributed by atoms with Crippen LogP contribution in [0.1, 0.15) is 5.56 Å². The maximum absolute atomic E-state index is 13.0. The molecule has 0 bridgehead atoms. The lowest BCUT2D eigenvalue weighted by atomic mass is 10.1. The molecule has 0 saturated heterocycles. The van der Waals surface area contributed by atoms with E-state index in [2.05, 4.69) is 10.4 Å². The van der Waals surface area contributed by atoms with Crippen LogP contribution in [-0.4, -0.2) is 21.4 Å². The minimum atomic E-state index is -0.195. The number of benzene rings is 2. The Morgan fingerprint density at radius 2 is 1.86 bits per heavy atom. The van der Waals surface area contributed by atoms with Crippen LogP contribution in [0, 0.1) is 0 Å². The maximum Gasteiger partial charge on any atom is 0.276 e. The van der Waals surface area contributed by atoms with Gasteiger partial charge in [0.25, 0.3) is 11.1 Å². The van der Waals surface area contributed by atoms with Crippen molar-refractivity contribution < 1.29 is 0 Å². The van der Waals surface area contributed by atoms with Crippen LogP contribution in [0.15, 0.2) is 64.2 Å². The van der Waals surface area contributed by atoms with Crippen molar-refractivity contribution in [1.82, 2.24) is 14.3 Å². The number of hydrogen-bond donors (Lipinski definition) is 2. The number of rotatable bonds is 4. The van der Waals surface area contributed by atoms with E-state index in [0.29, 0.717) is 28.2 Å². The molecule has 0 radical (unpaired) electrons. The van der Waals surface area contributed by atoms with Gasteiger partial charge in [0.2, 0.25) is 0 Å². The molecule has 2 heterocycles. The maximum atomic E-state index is 13.0. The fourth-order valence-corrected chi connectivity index (χ4v) is 3.64. The van der Waals surface area contributed by atoms with Crippen LogP contribution in [0.4, 0.5) is 5.69 Å². The van der Waals surface area contributed by atoms with E-state index in [9.17, 15) is 9.59 Å². The number of aromatic amines is 1. The first-order valence-corrected chi connectivity index (χ1v) is 9.21. The number of nitrogens with one attached hydrogen (secondary N) is 2. The smallest absolute Gasteiger partial charge is 0.276 e. The average molecular weight is 395 g/mol. The molecule has 4 aromatic rings. The number of anilines is 1. The molecule has 0 amide bonds. The predicted molar refractivity (Wildman–Crippen MR) is 113 cm³/mol. The number of pyridine rings is 1. The average Bonchev–Trinajstić information content (AvgIpc) is 2.96. The highest BCUT2D eigenvalue weighted by molar-refractivity contribution is 6.30. The molecular weight excluding hydrogens is 376 g/mol. The van der Waals surface area contributed by atoms with E-state index in [0.717, 1.165) is 16.8 Å². The molecule has 0 aliphatic carbocycles. The van der Waals surface area contributed by atoms with Crippen molar-refractivity contribution in [3.05, 3.63) is 85.9 Å². The summed E-state index contributed by atoms with van der Waals surface area (Å²) in [5.41, 5.74) is 3.30. The highest BCUT2D eigenvalue weighted by atomic mass is 35.5. The van der Waals surface area contributed by atoms with Gasteiger partial charge in [-0.3, -0.25) is 19.4 Å². The fraction of sp³-hybridized carbons (Fsp3) is 0.143. The first kappa shape index (κ1) is 18.1. The Morgan fingerprint density at radius 1 is 1.07 bits per heavy atom. The van der Waals surface area contributed by atoms with E-state index in [-0.39, 0.29) is 11.1 Å². The van der Waals surface area contributed by atoms with Crippen LogP contribution in [0.2, 0.25) is 5.02 Å². The molecule has 0 aliphatic heterocycles. The molecule has 0 fully saturated rings. The predicted octanol–water partition coefficient (Wildman–Crippen LogP) is 3.44. The van der Waals surface area contributed by atoms with E-state index in [4.69, 9.17) is 11.6 Å². The van der Waals surface area contributed by atoms with E-state index in [1.165, 1.54) is 10.7 Å². The van der Waals surface area contributed by atoms with Gasteiger partial charge < -0.3 is 9.88 Å². The Bertz CT molecular complexity index is 1300. The second-order valence-corrected chi connectivity index (χ2v) is 7.08. The van der Waals surface area contributed by atoms with Crippen molar-refractivity contribution >= 4 is 28.2 Å². The van der Waals surface area contributed by atoms with Gasteiger partial charge in [-0.25, -0.2) is 0 Å². The highest BCUT2D eigenvalue weighted by Gasteiger charge is 2.18. The van der Waals surface area contributed by atoms with Gasteiger partial charge in [0, 0.05) is 36.4 Å². The first-order chi connectivity index (χ1) is 13.5. The van der Waals surface area contributed by atoms with E-state index in [1.807, 2.05) is 43.4 Å². The molecule has 7 heteroatoms. The molecule has 0 aliphatic rings. The summed E-state index contributed by atoms with van der Waals surface area (Å²) >= 11 is 6.20. The van der Waals surface area contributed by atoms with Crippen LogP contribution >= 0.6 is 11.6 Å². The highest BCUT2D eigenvalue weighted by Crippen LogP contribution is 2.27. The third kappa shape index (κ3) is 3.12. The number of fused-ring (bicyclic) bond motifs is 1. The summed E-state index contributed by atoms with van der Waals surface area (Å²) < 4.78 is 3.00. The molecule has 142 valence electrons. The monoisotopic (exact) mass is 394 g/mol. The minimum Gasteiger partial charge on any atom is -0.388 e. The fourth-order valence-electron chi connectivity index (χ4n) is 3.45. The zero-order chi connectivity index (χ0) is 19.8. The lowest BCUT2D eigenvalue weighted by Gasteiger charge is -2.15. The second kappa shape index (κ2) is 7.05. The summed E-state index contributed by atoms with van der Waals surface area (Å²) in [6, 6.07) is 16.5. The Morgan fingerprint density at radius 3 is 2.61 bits per heavy atom. The van der Waals surface area contributed by atoms with Gasteiger partial charge in [-0.1, -0.05) is 35.9 Å². The molecule has 4 rings (SSSR count). The Kier molecular flexibility index (Phi) is 4.57. The normalized spacial score (nSPS) is 11.1. The number of hydrogen-bond acceptors (Lipinski definition) is 3. The topological polar surface area (TPSA) is 71.8 Å². The van der Waals surface area contributed by atoms with Gasteiger partial charge in [0.15, 0.2) is 0 Å². The summed E-state index contributed by atoms with van der Waals surface area (Å²) in [6.07, 6.45) is 0. The van der Waals surface area contributed by atoms with Crippen molar-refractivity contribution in [2.24, 2.45) is 7.05 Å². The summed E-state index contributed by atoms with van der Waals surface area (Å²) in [5.74, 6) is 0. The zero-order valence-corrected chi connectivity index (χ0v) is 16.2. The standard InChI is InChI=1S/C21H19ClN4O2/c1-23-16-8-3-5-13(9-16)12-26-18(27)11-17-19(21(28)25(2)24-17)20(26)14-6-4-7-15(22)10-14/h3-11,23-24H,12H2,1-2H3. The third-order valence-corrected chi connectivity index (χ3v) is 5.01. The molecule has 0 unspecified atom stereocenters. The van der Waals surface area contributed by atoms with Crippen molar-refractivity contribution in [3.8, 4) is 11.3 Å². The van der Waals surface area contributed by atoms with E-state index in [1.54, 1.807) is 23.7 Å². The SMILES string of the molecule is CNc1cccc(Cn2c(-c3cccc(Cl)c3)c3c(=O)n(C)[nH]c3cc2=O)c1. The van der Waals surface area contributed by atoms with Crippen LogP contribution in [-0.2, 0) is 13.6 Å². The van der Waals surface area contributed by atoms with Gasteiger partial charge in [-0.05, 0) is 29.8 Å². The van der Waals surface area contributed by atoms with E-state index < -0.39 is 0 Å². The molecule has 2 aromatic carbocycles. The molecule has 28 heavy (non-hydrogen) atoms. The largest absolute Gasteiger partial charge is 0.388 e. The van der Waals surface area contributed by atoms with Gasteiger partial charge in [0.05, 0.1) is 23.1 Å². The zero-order valence-electron chi connectivity index (χ0n) is 15.5. The molecule has 6 nitrogen and oxygen atoms in total. The van der Waals surface area contributed by atoms with Crippen LogP contribution in [0.3, 0.4) is 0 Å². The second-order valence-electron chi connectivity index (χ2n) is 6.64. The number of H-pyrrole nitrogens is 1. The van der Waals surface area contributed by atoms with Crippen molar-refractivity contribution in [2.45, 2.75) is 6.54 Å². The Hall–Kier alpha value is -3.25. The van der Waals surface area contributed by atoms with Gasteiger partial charge in [0.1, 0.15) is 0 Å².